The number of hydrogen-bond donors (Lipinski definition) is 2. The fourth-order valence-corrected chi connectivity index (χ4v) is 2.22. The maximum Gasteiger partial charge on any atom is 0.315 e. The molecule has 0 spiro atoms. The Hall–Kier alpha value is -1.88. The summed E-state index contributed by atoms with van der Waals surface area (Å²) in [5.41, 5.74) is 1.35. The lowest BCUT2D eigenvalue weighted by molar-refractivity contribution is 0.428. The molecule has 0 aliphatic heterocycles. The summed E-state index contributed by atoms with van der Waals surface area (Å²) in [4.78, 5) is 0. The minimum Gasteiger partial charge on any atom is -0.406 e. The van der Waals surface area contributed by atoms with Crippen LogP contribution in [0.25, 0.3) is 0 Å². The van der Waals surface area contributed by atoms with Crippen molar-refractivity contribution < 1.29 is 4.42 Å². The smallest absolute Gasteiger partial charge is 0.315 e. The average molecular weight is 288 g/mol. The summed E-state index contributed by atoms with van der Waals surface area (Å²) in [6.07, 6.45) is 1.02. The largest absolute Gasteiger partial charge is 0.406 e. The Kier molecular flexibility index (Phi) is 5.75. The molecule has 1 aromatic heterocycles. The van der Waals surface area contributed by atoms with Gasteiger partial charge in [0.15, 0.2) is 0 Å². The topological polar surface area (TPSA) is 63.0 Å². The SMILES string of the molecule is CCNC(C)c1nnc(NCCC(C)c2ccccc2)o1. The van der Waals surface area contributed by atoms with Gasteiger partial charge in [0.25, 0.3) is 0 Å². The summed E-state index contributed by atoms with van der Waals surface area (Å²) in [6.45, 7) is 7.98. The Balaban J connectivity index is 1.78. The van der Waals surface area contributed by atoms with Crippen LogP contribution in [0.3, 0.4) is 0 Å². The van der Waals surface area contributed by atoms with E-state index in [0.717, 1.165) is 19.5 Å². The lowest BCUT2D eigenvalue weighted by atomic mass is 9.98. The molecule has 2 N–H and O–H groups in total. The first-order chi connectivity index (χ1) is 10.2. The van der Waals surface area contributed by atoms with Crippen molar-refractivity contribution in [3.05, 3.63) is 41.8 Å². The molecule has 5 heteroatoms. The normalized spacial score (nSPS) is 13.9. The van der Waals surface area contributed by atoms with Crippen LogP contribution in [0.15, 0.2) is 34.7 Å². The molecule has 114 valence electrons. The predicted octanol–water partition coefficient (Wildman–Crippen LogP) is 3.35. The molecule has 0 aliphatic rings. The summed E-state index contributed by atoms with van der Waals surface area (Å²) in [5, 5.41) is 14.5. The Morgan fingerprint density at radius 3 is 2.62 bits per heavy atom. The third-order valence-corrected chi connectivity index (χ3v) is 3.54. The summed E-state index contributed by atoms with van der Waals surface area (Å²) in [6, 6.07) is 11.1. The summed E-state index contributed by atoms with van der Waals surface area (Å²) in [7, 11) is 0. The average Bonchev–Trinajstić information content (AvgIpc) is 2.97. The van der Waals surface area contributed by atoms with Gasteiger partial charge in [-0.15, -0.1) is 5.10 Å². The first-order valence-corrected chi connectivity index (χ1v) is 7.56. The molecule has 0 amide bonds. The molecule has 2 atom stereocenters. The standard InChI is InChI=1S/C16H24N4O/c1-4-17-13(3)15-19-20-16(21-15)18-11-10-12(2)14-8-6-5-7-9-14/h5-9,12-13,17H,4,10-11H2,1-3H3,(H,18,20). The second kappa shape index (κ2) is 7.78. The molecule has 0 saturated carbocycles. The van der Waals surface area contributed by atoms with E-state index in [9.17, 15) is 0 Å². The van der Waals surface area contributed by atoms with E-state index in [1.807, 2.05) is 13.0 Å². The zero-order chi connectivity index (χ0) is 15.1. The van der Waals surface area contributed by atoms with Gasteiger partial charge in [0.1, 0.15) is 0 Å². The number of nitrogens with one attached hydrogen (secondary N) is 2. The van der Waals surface area contributed by atoms with E-state index >= 15 is 0 Å². The summed E-state index contributed by atoms with van der Waals surface area (Å²) >= 11 is 0. The Morgan fingerprint density at radius 2 is 1.90 bits per heavy atom. The monoisotopic (exact) mass is 288 g/mol. The Morgan fingerprint density at radius 1 is 1.14 bits per heavy atom. The first-order valence-electron chi connectivity index (χ1n) is 7.56. The molecule has 2 aromatic rings. The van der Waals surface area contributed by atoms with Crippen molar-refractivity contribution in [2.45, 2.75) is 39.2 Å². The highest BCUT2D eigenvalue weighted by atomic mass is 16.4. The van der Waals surface area contributed by atoms with Crippen molar-refractivity contribution >= 4 is 6.01 Å². The van der Waals surface area contributed by atoms with Crippen LogP contribution >= 0.6 is 0 Å². The van der Waals surface area contributed by atoms with Crippen LogP contribution in [-0.4, -0.2) is 23.3 Å². The summed E-state index contributed by atoms with van der Waals surface area (Å²) in [5.74, 6) is 1.12. The second-order valence-corrected chi connectivity index (χ2v) is 5.25. The van der Waals surface area contributed by atoms with Gasteiger partial charge in [-0.1, -0.05) is 49.3 Å². The zero-order valence-electron chi connectivity index (χ0n) is 13.0. The van der Waals surface area contributed by atoms with Gasteiger partial charge in [-0.3, -0.25) is 0 Å². The van der Waals surface area contributed by atoms with Gasteiger partial charge in [0.05, 0.1) is 6.04 Å². The van der Waals surface area contributed by atoms with Gasteiger partial charge in [-0.2, -0.15) is 0 Å². The van der Waals surface area contributed by atoms with Crippen molar-refractivity contribution in [2.24, 2.45) is 0 Å². The third-order valence-electron chi connectivity index (χ3n) is 3.54. The van der Waals surface area contributed by atoms with E-state index in [2.05, 4.69) is 58.9 Å². The zero-order valence-corrected chi connectivity index (χ0v) is 13.0. The minimum atomic E-state index is 0.0845. The number of rotatable bonds is 8. The maximum atomic E-state index is 5.59. The lowest BCUT2D eigenvalue weighted by Crippen LogP contribution is -2.17. The van der Waals surface area contributed by atoms with Crippen molar-refractivity contribution in [3.8, 4) is 0 Å². The van der Waals surface area contributed by atoms with Gasteiger partial charge in [-0.05, 0) is 31.4 Å². The molecule has 0 saturated heterocycles. The van der Waals surface area contributed by atoms with Gasteiger partial charge < -0.3 is 15.1 Å². The van der Waals surface area contributed by atoms with Crippen molar-refractivity contribution in [2.75, 3.05) is 18.4 Å². The molecular weight excluding hydrogens is 264 g/mol. The predicted molar refractivity (Wildman–Crippen MR) is 84.4 cm³/mol. The van der Waals surface area contributed by atoms with Crippen LogP contribution in [0.5, 0.6) is 0 Å². The van der Waals surface area contributed by atoms with Crippen molar-refractivity contribution in [3.63, 3.8) is 0 Å². The second-order valence-electron chi connectivity index (χ2n) is 5.25. The number of benzene rings is 1. The first kappa shape index (κ1) is 15.5. The van der Waals surface area contributed by atoms with Gasteiger partial charge >= 0.3 is 6.01 Å². The minimum absolute atomic E-state index is 0.0845. The third kappa shape index (κ3) is 4.56. The highest BCUT2D eigenvalue weighted by Crippen LogP contribution is 2.19. The Bertz CT molecular complexity index is 526. The lowest BCUT2D eigenvalue weighted by Gasteiger charge is -2.11. The molecule has 1 heterocycles. The number of nitrogens with zero attached hydrogens (tertiary/aromatic N) is 2. The van der Waals surface area contributed by atoms with Crippen LogP contribution in [-0.2, 0) is 0 Å². The van der Waals surface area contributed by atoms with Crippen LogP contribution in [0.2, 0.25) is 0 Å². The molecule has 0 radical (unpaired) electrons. The van der Waals surface area contributed by atoms with Crippen LogP contribution < -0.4 is 10.6 Å². The quantitative estimate of drug-likeness (QED) is 0.780. The number of hydrogen-bond acceptors (Lipinski definition) is 5. The molecule has 0 aliphatic carbocycles. The number of aromatic nitrogens is 2. The molecule has 0 bridgehead atoms. The van der Waals surface area contributed by atoms with E-state index in [0.29, 0.717) is 17.8 Å². The van der Waals surface area contributed by atoms with Gasteiger partial charge in [-0.25, -0.2) is 0 Å². The van der Waals surface area contributed by atoms with E-state index in [-0.39, 0.29) is 6.04 Å². The van der Waals surface area contributed by atoms with Crippen LogP contribution in [0.4, 0.5) is 6.01 Å². The van der Waals surface area contributed by atoms with E-state index in [4.69, 9.17) is 4.42 Å². The van der Waals surface area contributed by atoms with Crippen LogP contribution in [0.1, 0.15) is 50.6 Å². The molecular formula is C16H24N4O. The molecule has 2 rings (SSSR count). The maximum absolute atomic E-state index is 5.59. The van der Waals surface area contributed by atoms with Crippen molar-refractivity contribution in [1.82, 2.24) is 15.5 Å². The summed E-state index contributed by atoms with van der Waals surface area (Å²) < 4.78 is 5.59. The molecule has 21 heavy (non-hydrogen) atoms. The molecule has 0 fully saturated rings. The highest BCUT2D eigenvalue weighted by Gasteiger charge is 2.12. The van der Waals surface area contributed by atoms with E-state index in [1.165, 1.54) is 5.56 Å². The number of anilines is 1. The van der Waals surface area contributed by atoms with Crippen molar-refractivity contribution in [1.29, 1.82) is 0 Å². The van der Waals surface area contributed by atoms with E-state index < -0.39 is 0 Å². The van der Waals surface area contributed by atoms with Gasteiger partial charge in [0.2, 0.25) is 5.89 Å². The van der Waals surface area contributed by atoms with Gasteiger partial charge in [0, 0.05) is 6.54 Å². The fraction of sp³-hybridized carbons (Fsp3) is 0.500. The molecule has 2 unspecified atom stereocenters. The molecule has 1 aromatic carbocycles. The molecule has 5 nitrogen and oxygen atoms in total. The van der Waals surface area contributed by atoms with Crippen LogP contribution in [0, 0.1) is 0 Å². The van der Waals surface area contributed by atoms with E-state index in [1.54, 1.807) is 0 Å². The highest BCUT2D eigenvalue weighted by molar-refractivity contribution is 5.20. The fourth-order valence-electron chi connectivity index (χ4n) is 2.22. The Labute approximate surface area is 126 Å².